The van der Waals surface area contributed by atoms with Crippen molar-refractivity contribution in [3.63, 3.8) is 0 Å². The van der Waals surface area contributed by atoms with E-state index in [0.717, 1.165) is 12.8 Å². The van der Waals surface area contributed by atoms with Gasteiger partial charge in [-0.05, 0) is 20.3 Å². The van der Waals surface area contributed by atoms with Crippen molar-refractivity contribution in [3.05, 3.63) is 0 Å². The smallest absolute Gasteiger partial charge is 0.320 e. The van der Waals surface area contributed by atoms with E-state index < -0.39 is 18.1 Å². The van der Waals surface area contributed by atoms with E-state index in [4.69, 9.17) is 4.74 Å². The van der Waals surface area contributed by atoms with E-state index in [1.54, 1.807) is 4.90 Å². The van der Waals surface area contributed by atoms with Crippen molar-refractivity contribution in [1.82, 2.24) is 10.2 Å². The van der Waals surface area contributed by atoms with Gasteiger partial charge in [-0.2, -0.15) is 0 Å². The molecule has 6 heteroatoms. The van der Waals surface area contributed by atoms with Crippen LogP contribution in [0.4, 0.5) is 0 Å². The molecular weight excluding hydrogens is 260 g/mol. The van der Waals surface area contributed by atoms with Crippen molar-refractivity contribution in [3.8, 4) is 0 Å². The maximum absolute atomic E-state index is 12.2. The monoisotopic (exact) mass is 286 g/mol. The second kappa shape index (κ2) is 8.21. The van der Waals surface area contributed by atoms with Crippen molar-refractivity contribution in [2.45, 2.75) is 58.2 Å². The highest BCUT2D eigenvalue weighted by molar-refractivity contribution is 5.83. The first-order valence-electron chi connectivity index (χ1n) is 7.34. The predicted molar refractivity (Wildman–Crippen MR) is 75.5 cm³/mol. The minimum Gasteiger partial charge on any atom is -0.480 e. The number of hydrogen-bond donors (Lipinski definition) is 2. The quantitative estimate of drug-likeness (QED) is 0.725. The fourth-order valence-electron chi connectivity index (χ4n) is 2.43. The highest BCUT2D eigenvalue weighted by Gasteiger charge is 2.37. The van der Waals surface area contributed by atoms with Crippen LogP contribution in [0, 0.1) is 0 Å². The minimum atomic E-state index is -0.859. The number of ether oxygens (including phenoxy) is 1. The van der Waals surface area contributed by atoms with Crippen LogP contribution in [0.25, 0.3) is 0 Å². The molecule has 6 nitrogen and oxygen atoms in total. The van der Waals surface area contributed by atoms with Crippen molar-refractivity contribution in [1.29, 1.82) is 0 Å². The molecule has 1 aliphatic heterocycles. The summed E-state index contributed by atoms with van der Waals surface area (Å²) >= 11 is 0. The van der Waals surface area contributed by atoms with E-state index in [2.05, 4.69) is 5.32 Å². The zero-order valence-electron chi connectivity index (χ0n) is 12.6. The summed E-state index contributed by atoms with van der Waals surface area (Å²) in [6.45, 7) is 7.02. The number of nitrogens with zero attached hydrogens (tertiary/aromatic N) is 1. The number of carbonyl (C=O) groups is 2. The summed E-state index contributed by atoms with van der Waals surface area (Å²) in [7, 11) is 0. The van der Waals surface area contributed by atoms with Crippen molar-refractivity contribution in [2.75, 3.05) is 19.8 Å². The lowest BCUT2D eigenvalue weighted by atomic mass is 10.0. The molecule has 1 amide bonds. The summed E-state index contributed by atoms with van der Waals surface area (Å²) in [5.74, 6) is -1.01. The summed E-state index contributed by atoms with van der Waals surface area (Å²) in [5, 5.41) is 12.3. The van der Waals surface area contributed by atoms with Crippen molar-refractivity contribution < 1.29 is 19.4 Å². The molecule has 116 valence electrons. The molecule has 0 aromatic heterocycles. The van der Waals surface area contributed by atoms with E-state index in [0.29, 0.717) is 19.6 Å². The van der Waals surface area contributed by atoms with E-state index in [1.807, 2.05) is 20.8 Å². The van der Waals surface area contributed by atoms with Gasteiger partial charge in [0, 0.05) is 12.6 Å². The molecule has 1 aliphatic rings. The lowest BCUT2D eigenvalue weighted by Crippen LogP contribution is -2.59. The number of nitrogens with one attached hydrogen (secondary N) is 1. The molecule has 0 spiro atoms. The third kappa shape index (κ3) is 4.76. The van der Waals surface area contributed by atoms with Gasteiger partial charge in [0.1, 0.15) is 12.1 Å². The van der Waals surface area contributed by atoms with Gasteiger partial charge in [-0.3, -0.25) is 14.5 Å². The molecule has 0 radical (unpaired) electrons. The van der Waals surface area contributed by atoms with E-state index in [-0.39, 0.29) is 18.6 Å². The van der Waals surface area contributed by atoms with Crippen LogP contribution in [0.3, 0.4) is 0 Å². The predicted octanol–water partition coefficient (Wildman–Crippen LogP) is 0.855. The van der Waals surface area contributed by atoms with Gasteiger partial charge < -0.3 is 15.2 Å². The lowest BCUT2D eigenvalue weighted by Gasteiger charge is -2.38. The fraction of sp³-hybridized carbons (Fsp3) is 0.857. The Balaban J connectivity index is 2.79. The van der Waals surface area contributed by atoms with Crippen LogP contribution in [0.2, 0.25) is 0 Å². The molecule has 1 fully saturated rings. The number of amides is 1. The number of aliphatic carboxylic acids is 1. The Morgan fingerprint density at radius 1 is 1.45 bits per heavy atom. The summed E-state index contributed by atoms with van der Waals surface area (Å²) in [4.78, 5) is 25.5. The molecule has 2 unspecified atom stereocenters. The Morgan fingerprint density at radius 2 is 2.15 bits per heavy atom. The SMILES string of the molecule is CCCCC(C(=O)O)N1CCOCC1C(=O)NC(C)C. The van der Waals surface area contributed by atoms with Crippen molar-refractivity contribution in [2.24, 2.45) is 0 Å². The average Bonchev–Trinajstić information content (AvgIpc) is 2.38. The molecular formula is C14H26N2O4. The molecule has 2 N–H and O–H groups in total. The van der Waals surface area contributed by atoms with Gasteiger partial charge in [-0.15, -0.1) is 0 Å². The Morgan fingerprint density at radius 3 is 2.70 bits per heavy atom. The van der Waals surface area contributed by atoms with Gasteiger partial charge in [0.25, 0.3) is 0 Å². The fourth-order valence-corrected chi connectivity index (χ4v) is 2.43. The van der Waals surface area contributed by atoms with Crippen LogP contribution >= 0.6 is 0 Å². The van der Waals surface area contributed by atoms with Gasteiger partial charge in [0.2, 0.25) is 5.91 Å². The Labute approximate surface area is 120 Å². The number of carboxylic acids is 1. The lowest BCUT2D eigenvalue weighted by molar-refractivity contribution is -0.151. The first-order valence-corrected chi connectivity index (χ1v) is 7.34. The third-order valence-corrected chi connectivity index (χ3v) is 3.42. The van der Waals surface area contributed by atoms with Crippen LogP contribution in [-0.2, 0) is 14.3 Å². The number of hydrogen-bond acceptors (Lipinski definition) is 4. The first kappa shape index (κ1) is 16.9. The molecule has 2 atom stereocenters. The molecule has 0 bridgehead atoms. The second-order valence-electron chi connectivity index (χ2n) is 5.49. The molecule has 0 saturated carbocycles. The summed E-state index contributed by atoms with van der Waals surface area (Å²) in [5.41, 5.74) is 0. The average molecular weight is 286 g/mol. The highest BCUT2D eigenvalue weighted by Crippen LogP contribution is 2.17. The molecule has 20 heavy (non-hydrogen) atoms. The van der Waals surface area contributed by atoms with Gasteiger partial charge in [-0.1, -0.05) is 19.8 Å². The third-order valence-electron chi connectivity index (χ3n) is 3.42. The van der Waals surface area contributed by atoms with E-state index >= 15 is 0 Å². The summed E-state index contributed by atoms with van der Waals surface area (Å²) in [6.07, 6.45) is 2.35. The number of carbonyl (C=O) groups excluding carboxylic acids is 1. The topological polar surface area (TPSA) is 78.9 Å². The van der Waals surface area contributed by atoms with Gasteiger partial charge >= 0.3 is 5.97 Å². The number of rotatable bonds is 7. The van der Waals surface area contributed by atoms with Gasteiger partial charge in [-0.25, -0.2) is 0 Å². The molecule has 0 aromatic carbocycles. The van der Waals surface area contributed by atoms with Crippen LogP contribution < -0.4 is 5.32 Å². The largest absolute Gasteiger partial charge is 0.480 e. The molecule has 0 aromatic rings. The Hall–Kier alpha value is -1.14. The van der Waals surface area contributed by atoms with Crippen molar-refractivity contribution >= 4 is 11.9 Å². The molecule has 1 heterocycles. The number of unbranched alkanes of at least 4 members (excludes halogenated alkanes) is 1. The maximum Gasteiger partial charge on any atom is 0.320 e. The molecule has 1 saturated heterocycles. The van der Waals surface area contributed by atoms with E-state index in [9.17, 15) is 14.7 Å². The van der Waals surface area contributed by atoms with Gasteiger partial charge in [0.05, 0.1) is 13.2 Å². The minimum absolute atomic E-state index is 0.0326. The van der Waals surface area contributed by atoms with Crippen LogP contribution in [0.1, 0.15) is 40.0 Å². The normalized spacial score (nSPS) is 21.7. The molecule has 1 rings (SSSR count). The maximum atomic E-state index is 12.2. The summed E-state index contributed by atoms with van der Waals surface area (Å²) < 4.78 is 5.35. The van der Waals surface area contributed by atoms with Crippen LogP contribution in [0.15, 0.2) is 0 Å². The molecule has 0 aliphatic carbocycles. The van der Waals surface area contributed by atoms with Gasteiger partial charge in [0.15, 0.2) is 0 Å². The Kier molecular flexibility index (Phi) is 6.95. The highest BCUT2D eigenvalue weighted by atomic mass is 16.5. The van der Waals surface area contributed by atoms with E-state index in [1.165, 1.54) is 0 Å². The first-order chi connectivity index (χ1) is 9.47. The number of morpholine rings is 1. The van der Waals surface area contributed by atoms with Crippen LogP contribution in [-0.4, -0.2) is 59.8 Å². The zero-order valence-corrected chi connectivity index (χ0v) is 12.6. The Bertz CT molecular complexity index is 333. The van der Waals surface area contributed by atoms with Crippen LogP contribution in [0.5, 0.6) is 0 Å². The number of carboxylic acid groups (broad SMARTS) is 1. The standard InChI is InChI=1S/C14H26N2O4/c1-4-5-6-11(14(18)19)16-7-8-20-9-12(16)13(17)15-10(2)3/h10-12H,4-9H2,1-3H3,(H,15,17)(H,18,19). The second-order valence-corrected chi connectivity index (χ2v) is 5.49. The summed E-state index contributed by atoms with van der Waals surface area (Å²) in [6, 6.07) is -1.09. The zero-order chi connectivity index (χ0) is 15.1.